The van der Waals surface area contributed by atoms with Gasteiger partial charge in [0.1, 0.15) is 5.75 Å². The Morgan fingerprint density at radius 2 is 1.83 bits per heavy atom. The largest absolute Gasteiger partial charge is 0.493 e. The summed E-state index contributed by atoms with van der Waals surface area (Å²) in [5.41, 5.74) is 4.66. The van der Waals surface area contributed by atoms with Gasteiger partial charge in [0.05, 0.1) is 6.61 Å². The molecule has 1 heteroatoms. The van der Waals surface area contributed by atoms with Crippen molar-refractivity contribution >= 4 is 5.57 Å². The molecule has 1 aliphatic heterocycles. The van der Waals surface area contributed by atoms with Crippen molar-refractivity contribution in [3.63, 3.8) is 0 Å². The van der Waals surface area contributed by atoms with Crippen molar-refractivity contribution in [2.75, 3.05) is 6.61 Å². The third kappa shape index (κ3) is 2.04. The van der Waals surface area contributed by atoms with E-state index in [2.05, 4.69) is 36.9 Å². The third-order valence-corrected chi connectivity index (χ3v) is 3.39. The summed E-state index contributed by atoms with van der Waals surface area (Å²) in [4.78, 5) is 0. The van der Waals surface area contributed by atoms with Crippen molar-refractivity contribution in [3.8, 4) is 5.75 Å². The molecule has 1 heterocycles. The van der Waals surface area contributed by atoms with Gasteiger partial charge < -0.3 is 4.74 Å². The SMILES string of the molecule is C=C(c1ccccc1)c1ccc2c(c1)OCCC2. The Labute approximate surface area is 108 Å². The summed E-state index contributed by atoms with van der Waals surface area (Å²) in [6.07, 6.45) is 2.24. The zero-order valence-electron chi connectivity index (χ0n) is 10.4. The summed E-state index contributed by atoms with van der Waals surface area (Å²) in [7, 11) is 0. The van der Waals surface area contributed by atoms with E-state index in [1.807, 2.05) is 18.2 Å². The molecular formula is C17H16O. The molecule has 0 radical (unpaired) electrons. The topological polar surface area (TPSA) is 9.23 Å². The first-order valence-corrected chi connectivity index (χ1v) is 6.35. The van der Waals surface area contributed by atoms with Crippen molar-refractivity contribution in [1.29, 1.82) is 0 Å². The maximum atomic E-state index is 5.71. The highest BCUT2D eigenvalue weighted by atomic mass is 16.5. The van der Waals surface area contributed by atoms with Gasteiger partial charge in [-0.15, -0.1) is 0 Å². The smallest absolute Gasteiger partial charge is 0.123 e. The van der Waals surface area contributed by atoms with Crippen molar-refractivity contribution in [2.45, 2.75) is 12.8 Å². The Morgan fingerprint density at radius 1 is 1.00 bits per heavy atom. The van der Waals surface area contributed by atoms with E-state index >= 15 is 0 Å². The van der Waals surface area contributed by atoms with Crippen molar-refractivity contribution in [3.05, 3.63) is 71.8 Å². The van der Waals surface area contributed by atoms with E-state index in [0.29, 0.717) is 0 Å². The van der Waals surface area contributed by atoms with Gasteiger partial charge in [0.25, 0.3) is 0 Å². The van der Waals surface area contributed by atoms with Crippen LogP contribution in [0.5, 0.6) is 5.75 Å². The van der Waals surface area contributed by atoms with Crippen LogP contribution in [0.25, 0.3) is 5.57 Å². The minimum absolute atomic E-state index is 0.828. The van der Waals surface area contributed by atoms with Gasteiger partial charge in [-0.2, -0.15) is 0 Å². The lowest BCUT2D eigenvalue weighted by atomic mass is 9.96. The van der Waals surface area contributed by atoms with Crippen LogP contribution in [0.15, 0.2) is 55.1 Å². The molecule has 0 saturated carbocycles. The first-order chi connectivity index (χ1) is 8.84. The summed E-state index contributed by atoms with van der Waals surface area (Å²) < 4.78 is 5.71. The number of fused-ring (bicyclic) bond motifs is 1. The Bertz CT molecular complexity index is 569. The van der Waals surface area contributed by atoms with Gasteiger partial charge in [-0.25, -0.2) is 0 Å². The molecule has 0 fully saturated rings. The van der Waals surface area contributed by atoms with Gasteiger partial charge in [0.15, 0.2) is 0 Å². The first kappa shape index (κ1) is 11.1. The van der Waals surface area contributed by atoms with E-state index in [4.69, 9.17) is 4.74 Å². The summed E-state index contributed by atoms with van der Waals surface area (Å²) in [6, 6.07) is 16.7. The van der Waals surface area contributed by atoms with Crippen molar-refractivity contribution in [1.82, 2.24) is 0 Å². The van der Waals surface area contributed by atoms with E-state index < -0.39 is 0 Å². The highest BCUT2D eigenvalue weighted by molar-refractivity contribution is 5.78. The lowest BCUT2D eigenvalue weighted by molar-refractivity contribution is 0.288. The number of ether oxygens (including phenoxy) is 1. The molecule has 0 N–H and O–H groups in total. The minimum atomic E-state index is 0.828. The number of hydrogen-bond acceptors (Lipinski definition) is 1. The molecule has 2 aromatic rings. The molecule has 1 nitrogen and oxygen atoms in total. The van der Waals surface area contributed by atoms with Crippen LogP contribution in [-0.4, -0.2) is 6.61 Å². The average Bonchev–Trinajstić information content (AvgIpc) is 2.47. The highest BCUT2D eigenvalue weighted by Gasteiger charge is 2.11. The monoisotopic (exact) mass is 236 g/mol. The molecule has 0 amide bonds. The minimum Gasteiger partial charge on any atom is -0.493 e. The molecule has 0 bridgehead atoms. The second-order valence-electron chi connectivity index (χ2n) is 4.62. The molecule has 2 aromatic carbocycles. The molecule has 0 unspecified atom stereocenters. The Hall–Kier alpha value is -2.02. The van der Waals surface area contributed by atoms with Gasteiger partial charge >= 0.3 is 0 Å². The number of aryl methyl sites for hydroxylation is 1. The molecule has 0 saturated heterocycles. The first-order valence-electron chi connectivity index (χ1n) is 6.35. The summed E-state index contributed by atoms with van der Waals surface area (Å²) in [5, 5.41) is 0. The fraction of sp³-hybridized carbons (Fsp3) is 0.176. The number of rotatable bonds is 2. The van der Waals surface area contributed by atoms with E-state index in [0.717, 1.165) is 41.9 Å². The molecule has 1 aliphatic rings. The van der Waals surface area contributed by atoms with Crippen LogP contribution < -0.4 is 4.74 Å². The lowest BCUT2D eigenvalue weighted by Gasteiger charge is -2.18. The van der Waals surface area contributed by atoms with E-state index in [9.17, 15) is 0 Å². The van der Waals surface area contributed by atoms with E-state index in [1.54, 1.807) is 0 Å². The van der Waals surface area contributed by atoms with Crippen LogP contribution in [0, 0.1) is 0 Å². The van der Waals surface area contributed by atoms with Gasteiger partial charge in [0, 0.05) is 0 Å². The van der Waals surface area contributed by atoms with Crippen molar-refractivity contribution < 1.29 is 4.74 Å². The van der Waals surface area contributed by atoms with Crippen LogP contribution in [0.3, 0.4) is 0 Å². The Morgan fingerprint density at radius 3 is 2.67 bits per heavy atom. The van der Waals surface area contributed by atoms with Crippen molar-refractivity contribution in [2.24, 2.45) is 0 Å². The zero-order chi connectivity index (χ0) is 12.4. The fourth-order valence-electron chi connectivity index (χ4n) is 2.33. The molecule has 90 valence electrons. The summed E-state index contributed by atoms with van der Waals surface area (Å²) >= 11 is 0. The maximum absolute atomic E-state index is 5.71. The quantitative estimate of drug-likeness (QED) is 0.763. The molecule has 3 rings (SSSR count). The normalized spacial score (nSPS) is 13.6. The van der Waals surface area contributed by atoms with Crippen LogP contribution in [-0.2, 0) is 6.42 Å². The predicted octanol–water partition coefficient (Wildman–Crippen LogP) is 4.07. The molecule has 0 aliphatic carbocycles. The van der Waals surface area contributed by atoms with E-state index in [-0.39, 0.29) is 0 Å². The van der Waals surface area contributed by atoms with Crippen LogP contribution in [0.1, 0.15) is 23.1 Å². The Kier molecular flexibility index (Phi) is 2.89. The van der Waals surface area contributed by atoms with Gasteiger partial charge in [-0.1, -0.05) is 49.0 Å². The highest BCUT2D eigenvalue weighted by Crippen LogP contribution is 2.30. The van der Waals surface area contributed by atoms with Crippen LogP contribution in [0.2, 0.25) is 0 Å². The summed E-state index contributed by atoms with van der Waals surface area (Å²) in [6.45, 7) is 5.02. The van der Waals surface area contributed by atoms with Gasteiger partial charge in [-0.3, -0.25) is 0 Å². The maximum Gasteiger partial charge on any atom is 0.123 e. The van der Waals surface area contributed by atoms with Gasteiger partial charge in [0.2, 0.25) is 0 Å². The third-order valence-electron chi connectivity index (χ3n) is 3.39. The fourth-order valence-corrected chi connectivity index (χ4v) is 2.33. The second kappa shape index (κ2) is 4.69. The molecule has 0 spiro atoms. The standard InChI is InChI=1S/C17H16O/c1-13(14-6-3-2-4-7-14)16-10-9-15-8-5-11-18-17(15)12-16/h2-4,6-7,9-10,12H,1,5,8,11H2. The number of benzene rings is 2. The molecule has 18 heavy (non-hydrogen) atoms. The predicted molar refractivity (Wildman–Crippen MR) is 74.8 cm³/mol. The molecular weight excluding hydrogens is 220 g/mol. The zero-order valence-corrected chi connectivity index (χ0v) is 10.4. The molecule has 0 atom stereocenters. The second-order valence-corrected chi connectivity index (χ2v) is 4.62. The lowest BCUT2D eigenvalue weighted by Crippen LogP contribution is -2.08. The van der Waals surface area contributed by atoms with Crippen LogP contribution >= 0.6 is 0 Å². The van der Waals surface area contributed by atoms with Crippen LogP contribution in [0.4, 0.5) is 0 Å². The average molecular weight is 236 g/mol. The number of hydrogen-bond donors (Lipinski definition) is 0. The van der Waals surface area contributed by atoms with E-state index in [1.165, 1.54) is 5.56 Å². The Balaban J connectivity index is 1.95. The molecule has 0 aromatic heterocycles. The summed E-state index contributed by atoms with van der Waals surface area (Å²) in [5.74, 6) is 1.02. The van der Waals surface area contributed by atoms with Gasteiger partial charge in [-0.05, 0) is 41.2 Å².